The molecule has 1 fully saturated rings. The highest BCUT2D eigenvalue weighted by molar-refractivity contribution is 5.66. The van der Waals surface area contributed by atoms with Crippen molar-refractivity contribution in [2.75, 3.05) is 6.54 Å². The van der Waals surface area contributed by atoms with Gasteiger partial charge in [0.15, 0.2) is 0 Å². The number of carboxylic acids is 1. The van der Waals surface area contributed by atoms with Gasteiger partial charge in [0.05, 0.1) is 0 Å². The first-order chi connectivity index (χ1) is 9.69. The van der Waals surface area contributed by atoms with Gasteiger partial charge in [-0.25, -0.2) is 4.90 Å². The smallest absolute Gasteiger partial charge is 0.303 e. The minimum absolute atomic E-state index is 0.105. The van der Waals surface area contributed by atoms with Gasteiger partial charge in [-0.15, -0.1) is 0 Å². The van der Waals surface area contributed by atoms with E-state index >= 15 is 0 Å². The molecule has 0 aliphatic carbocycles. The summed E-state index contributed by atoms with van der Waals surface area (Å²) >= 11 is 0. The number of rotatable bonds is 7. The summed E-state index contributed by atoms with van der Waals surface area (Å²) in [6, 6.07) is 0. The van der Waals surface area contributed by atoms with Gasteiger partial charge in [-0.3, -0.25) is 4.79 Å². The maximum Gasteiger partial charge on any atom is 0.303 e. The molecule has 1 saturated heterocycles. The van der Waals surface area contributed by atoms with Gasteiger partial charge in [-0.1, -0.05) is 12.8 Å². The van der Waals surface area contributed by atoms with Crippen molar-refractivity contribution in [3.05, 3.63) is 0 Å². The van der Waals surface area contributed by atoms with E-state index in [4.69, 9.17) is 5.11 Å². The quantitative estimate of drug-likeness (QED) is 0.310. The Labute approximate surface area is 123 Å². The van der Waals surface area contributed by atoms with Gasteiger partial charge in [0.2, 0.25) is 0 Å². The monoisotopic (exact) mass is 307 g/mol. The van der Waals surface area contributed by atoms with Crippen molar-refractivity contribution >= 4 is 5.97 Å². The maximum absolute atomic E-state index is 10.4. The van der Waals surface area contributed by atoms with Crippen LogP contribution in [0.4, 0.5) is 0 Å². The van der Waals surface area contributed by atoms with Gasteiger partial charge in [-0.2, -0.15) is 0 Å². The molecule has 8 nitrogen and oxygen atoms in total. The summed E-state index contributed by atoms with van der Waals surface area (Å²) in [4.78, 5) is 11.5. The van der Waals surface area contributed by atoms with Crippen LogP contribution < -0.4 is 0 Å². The van der Waals surface area contributed by atoms with Gasteiger partial charge < -0.3 is 30.6 Å². The standard InChI is InChI=1S/C13H25NO7/c1-13(21)11(19)9(17)10(18)12(20)14(13)7-5-3-2-4-6-8(15)16/h9-12,17-21H,2-7H2,1H3,(H,15,16)/t9-,10-,11-,12?,13-/m0/s1. The number of unbranched alkanes of at least 4 members (excludes halogenated alkanes) is 3. The predicted octanol–water partition coefficient (Wildman–Crippen LogP) is -1.55. The van der Waals surface area contributed by atoms with E-state index in [1.54, 1.807) is 0 Å². The Kier molecular flexibility index (Phi) is 6.51. The molecule has 0 saturated carbocycles. The van der Waals surface area contributed by atoms with Crippen LogP contribution in [-0.4, -0.2) is 78.3 Å². The van der Waals surface area contributed by atoms with Crippen LogP contribution in [0.1, 0.15) is 39.0 Å². The van der Waals surface area contributed by atoms with Crippen LogP contribution in [0.2, 0.25) is 0 Å². The number of hydrogen-bond donors (Lipinski definition) is 6. The third-order valence-electron chi connectivity index (χ3n) is 3.98. The third-order valence-corrected chi connectivity index (χ3v) is 3.98. The van der Waals surface area contributed by atoms with Gasteiger partial charge >= 0.3 is 5.97 Å². The molecule has 5 atom stereocenters. The fourth-order valence-electron chi connectivity index (χ4n) is 2.58. The molecule has 0 aromatic heterocycles. The Hall–Kier alpha value is -0.770. The molecular weight excluding hydrogens is 282 g/mol. The topological polar surface area (TPSA) is 142 Å². The second-order valence-electron chi connectivity index (χ2n) is 5.69. The number of carbonyl (C=O) groups is 1. The van der Waals surface area contributed by atoms with Crippen molar-refractivity contribution in [2.45, 2.75) is 69.3 Å². The molecule has 21 heavy (non-hydrogen) atoms. The number of aliphatic hydroxyl groups is 5. The molecule has 1 aliphatic rings. The van der Waals surface area contributed by atoms with Gasteiger partial charge in [0, 0.05) is 13.0 Å². The highest BCUT2D eigenvalue weighted by Gasteiger charge is 2.53. The molecule has 0 amide bonds. The van der Waals surface area contributed by atoms with Crippen LogP contribution in [0.25, 0.3) is 0 Å². The van der Waals surface area contributed by atoms with Crippen LogP contribution in [0.15, 0.2) is 0 Å². The molecule has 6 N–H and O–H groups in total. The summed E-state index contributed by atoms with van der Waals surface area (Å²) < 4.78 is 0. The molecular formula is C13H25NO7. The van der Waals surface area contributed by atoms with Crippen molar-refractivity contribution < 1.29 is 35.4 Å². The number of aliphatic hydroxyl groups excluding tert-OH is 4. The van der Waals surface area contributed by atoms with Crippen LogP contribution in [0.3, 0.4) is 0 Å². The van der Waals surface area contributed by atoms with Crippen LogP contribution in [0, 0.1) is 0 Å². The largest absolute Gasteiger partial charge is 0.481 e. The average molecular weight is 307 g/mol. The number of nitrogens with zero attached hydrogens (tertiary/aromatic N) is 1. The highest BCUT2D eigenvalue weighted by atomic mass is 16.4. The van der Waals surface area contributed by atoms with E-state index in [1.165, 1.54) is 6.92 Å². The lowest BCUT2D eigenvalue weighted by Gasteiger charge is -2.50. The summed E-state index contributed by atoms with van der Waals surface area (Å²) in [5, 5.41) is 57.6. The SMILES string of the molecule is C[C@]1(O)[C@@H](O)[C@@H](O)[C@H](O)C(O)N1CCCCCCC(=O)O. The zero-order valence-electron chi connectivity index (χ0n) is 12.1. The van der Waals surface area contributed by atoms with E-state index in [-0.39, 0.29) is 13.0 Å². The number of likely N-dealkylation sites (tertiary alicyclic amines) is 1. The van der Waals surface area contributed by atoms with Crippen molar-refractivity contribution in [2.24, 2.45) is 0 Å². The lowest BCUT2D eigenvalue weighted by atomic mass is 9.90. The molecule has 0 radical (unpaired) electrons. The van der Waals surface area contributed by atoms with E-state index in [1.807, 2.05) is 0 Å². The Balaban J connectivity index is 2.46. The van der Waals surface area contributed by atoms with Crippen LogP contribution >= 0.6 is 0 Å². The van der Waals surface area contributed by atoms with Crippen molar-refractivity contribution in [1.82, 2.24) is 4.90 Å². The van der Waals surface area contributed by atoms with Crippen LogP contribution in [-0.2, 0) is 4.79 Å². The number of piperidine rings is 1. The Bertz CT molecular complexity index is 349. The molecule has 0 bridgehead atoms. The molecule has 1 heterocycles. The van der Waals surface area contributed by atoms with Gasteiger partial charge in [0.1, 0.15) is 30.3 Å². The predicted molar refractivity (Wildman–Crippen MR) is 72.1 cm³/mol. The van der Waals surface area contributed by atoms with Gasteiger partial charge in [-0.05, 0) is 19.8 Å². The fourth-order valence-corrected chi connectivity index (χ4v) is 2.58. The van der Waals surface area contributed by atoms with E-state index in [9.17, 15) is 30.3 Å². The maximum atomic E-state index is 10.4. The molecule has 0 aromatic rings. The second kappa shape index (κ2) is 7.48. The van der Waals surface area contributed by atoms with Crippen molar-refractivity contribution in [3.8, 4) is 0 Å². The number of carboxylic acid groups (broad SMARTS) is 1. The lowest BCUT2D eigenvalue weighted by Crippen LogP contribution is -2.72. The number of hydrogen-bond acceptors (Lipinski definition) is 7. The lowest BCUT2D eigenvalue weighted by molar-refractivity contribution is -0.304. The molecule has 8 heteroatoms. The van der Waals surface area contributed by atoms with E-state index in [0.717, 1.165) is 4.90 Å². The summed E-state index contributed by atoms with van der Waals surface area (Å²) in [6.07, 6.45) is -3.64. The summed E-state index contributed by atoms with van der Waals surface area (Å²) in [5.41, 5.74) is -1.85. The first-order valence-electron chi connectivity index (χ1n) is 7.12. The molecule has 0 aromatic carbocycles. The Morgan fingerprint density at radius 3 is 2.19 bits per heavy atom. The molecule has 124 valence electrons. The zero-order valence-corrected chi connectivity index (χ0v) is 12.1. The van der Waals surface area contributed by atoms with E-state index in [2.05, 4.69) is 0 Å². The minimum atomic E-state index is -1.85. The van der Waals surface area contributed by atoms with Crippen molar-refractivity contribution in [3.63, 3.8) is 0 Å². The number of aliphatic carboxylic acids is 1. The van der Waals surface area contributed by atoms with Crippen LogP contribution in [0.5, 0.6) is 0 Å². The molecule has 1 unspecified atom stereocenters. The zero-order chi connectivity index (χ0) is 16.2. The van der Waals surface area contributed by atoms with Crippen molar-refractivity contribution in [1.29, 1.82) is 0 Å². The Morgan fingerprint density at radius 2 is 1.62 bits per heavy atom. The highest BCUT2D eigenvalue weighted by Crippen LogP contribution is 2.30. The first kappa shape index (κ1) is 18.3. The second-order valence-corrected chi connectivity index (χ2v) is 5.69. The summed E-state index contributed by atoms with van der Waals surface area (Å²) in [7, 11) is 0. The average Bonchev–Trinajstić information content (AvgIpc) is 2.41. The normalized spacial score (nSPS) is 37.6. The van der Waals surface area contributed by atoms with E-state index in [0.29, 0.717) is 25.7 Å². The minimum Gasteiger partial charge on any atom is -0.481 e. The fraction of sp³-hybridized carbons (Fsp3) is 0.923. The molecule has 1 rings (SSSR count). The summed E-state index contributed by atoms with van der Waals surface area (Å²) in [6.45, 7) is 1.47. The Morgan fingerprint density at radius 1 is 1.05 bits per heavy atom. The first-order valence-corrected chi connectivity index (χ1v) is 7.12. The molecule has 1 aliphatic heterocycles. The molecule has 0 spiro atoms. The third kappa shape index (κ3) is 4.35. The van der Waals surface area contributed by atoms with E-state index < -0.39 is 36.2 Å². The van der Waals surface area contributed by atoms with Gasteiger partial charge in [0.25, 0.3) is 0 Å². The summed E-state index contributed by atoms with van der Waals surface area (Å²) in [5.74, 6) is -0.843.